The van der Waals surface area contributed by atoms with Crippen LogP contribution in [0.3, 0.4) is 0 Å². The number of aliphatic carboxylic acids is 1. The minimum Gasteiger partial charge on any atom is -0.481 e. The summed E-state index contributed by atoms with van der Waals surface area (Å²) in [5, 5.41) is 11.7. The lowest BCUT2D eigenvalue weighted by atomic mass is 9.89. The molecule has 1 rings (SSSR count). The highest BCUT2D eigenvalue weighted by Crippen LogP contribution is 2.19. The van der Waals surface area contributed by atoms with Gasteiger partial charge in [-0.05, 0) is 20.9 Å². The number of amides is 1. The number of morpholine rings is 1. The highest BCUT2D eigenvalue weighted by molar-refractivity contribution is 5.84. The van der Waals surface area contributed by atoms with Gasteiger partial charge in [0.15, 0.2) is 0 Å². The van der Waals surface area contributed by atoms with E-state index in [4.69, 9.17) is 9.84 Å². The Balaban J connectivity index is 2.31. The van der Waals surface area contributed by atoms with Crippen molar-refractivity contribution < 1.29 is 19.4 Å². The van der Waals surface area contributed by atoms with E-state index in [1.54, 1.807) is 13.8 Å². The third-order valence-corrected chi connectivity index (χ3v) is 3.05. The van der Waals surface area contributed by atoms with Crippen LogP contribution in [-0.4, -0.2) is 61.3 Å². The molecule has 0 aromatic carbocycles. The molecule has 0 aliphatic carbocycles. The lowest BCUT2D eigenvalue weighted by Crippen LogP contribution is -2.46. The molecule has 1 fully saturated rings. The minimum atomic E-state index is -1.03. The Labute approximate surface area is 107 Å². The first kappa shape index (κ1) is 14.9. The zero-order chi connectivity index (χ0) is 13.8. The minimum absolute atomic E-state index is 0.0133. The molecule has 1 unspecified atom stereocenters. The molecule has 6 heteroatoms. The van der Waals surface area contributed by atoms with Crippen molar-refractivity contribution >= 4 is 11.9 Å². The molecule has 1 atom stereocenters. The fourth-order valence-electron chi connectivity index (χ4n) is 1.76. The zero-order valence-corrected chi connectivity index (χ0v) is 11.2. The first-order valence-electron chi connectivity index (χ1n) is 6.11. The monoisotopic (exact) mass is 258 g/mol. The van der Waals surface area contributed by atoms with Crippen molar-refractivity contribution in [1.82, 2.24) is 10.2 Å². The van der Waals surface area contributed by atoms with Crippen molar-refractivity contribution in [1.29, 1.82) is 0 Å². The van der Waals surface area contributed by atoms with E-state index >= 15 is 0 Å². The Kier molecular flexibility index (Phi) is 5.10. The molecule has 1 heterocycles. The molecule has 0 aromatic rings. The van der Waals surface area contributed by atoms with Crippen LogP contribution in [0.15, 0.2) is 0 Å². The fourth-order valence-corrected chi connectivity index (χ4v) is 1.76. The predicted octanol–water partition coefficient (Wildman–Crippen LogP) is -0.0659. The Morgan fingerprint density at radius 2 is 2.17 bits per heavy atom. The van der Waals surface area contributed by atoms with Crippen LogP contribution in [0.1, 0.15) is 20.3 Å². The van der Waals surface area contributed by atoms with E-state index in [0.29, 0.717) is 13.2 Å². The number of rotatable bonds is 5. The quantitative estimate of drug-likeness (QED) is 0.722. The maximum absolute atomic E-state index is 11.6. The first-order valence-corrected chi connectivity index (χ1v) is 6.11. The topological polar surface area (TPSA) is 78.9 Å². The van der Waals surface area contributed by atoms with Gasteiger partial charge in [0.2, 0.25) is 5.91 Å². The molecule has 1 amide bonds. The van der Waals surface area contributed by atoms with Crippen molar-refractivity contribution in [3.05, 3.63) is 0 Å². The Morgan fingerprint density at radius 1 is 1.50 bits per heavy atom. The molecule has 0 spiro atoms. The number of carboxylic acid groups (broad SMARTS) is 1. The van der Waals surface area contributed by atoms with Gasteiger partial charge in [-0.15, -0.1) is 0 Å². The molecule has 0 radical (unpaired) electrons. The lowest BCUT2D eigenvalue weighted by molar-refractivity contribution is -0.149. The summed E-state index contributed by atoms with van der Waals surface area (Å²) < 4.78 is 5.50. The number of likely N-dealkylation sites (N-methyl/N-ethyl adjacent to an activating group) is 1. The molecule has 0 saturated carbocycles. The SMILES string of the molecule is CN1CCOC(CNC(=O)CC(C)(C)C(=O)O)C1. The lowest BCUT2D eigenvalue weighted by Gasteiger charge is -2.30. The van der Waals surface area contributed by atoms with Crippen LogP contribution in [0.25, 0.3) is 0 Å². The number of carbonyl (C=O) groups excluding carboxylic acids is 1. The molecule has 6 nitrogen and oxygen atoms in total. The number of nitrogens with one attached hydrogen (secondary N) is 1. The second-order valence-electron chi connectivity index (χ2n) is 5.42. The van der Waals surface area contributed by atoms with Crippen molar-refractivity contribution in [2.45, 2.75) is 26.4 Å². The third-order valence-electron chi connectivity index (χ3n) is 3.05. The summed E-state index contributed by atoms with van der Waals surface area (Å²) in [6, 6.07) is 0. The maximum atomic E-state index is 11.6. The summed E-state index contributed by atoms with van der Waals surface area (Å²) in [7, 11) is 2.00. The predicted molar refractivity (Wildman–Crippen MR) is 66.3 cm³/mol. The number of hydrogen-bond donors (Lipinski definition) is 2. The molecule has 1 aliphatic heterocycles. The normalized spacial score (nSPS) is 21.6. The Morgan fingerprint density at radius 3 is 2.72 bits per heavy atom. The van der Waals surface area contributed by atoms with Gasteiger partial charge in [-0.25, -0.2) is 0 Å². The van der Waals surface area contributed by atoms with Gasteiger partial charge in [-0.1, -0.05) is 0 Å². The van der Waals surface area contributed by atoms with Gasteiger partial charge in [0.05, 0.1) is 18.1 Å². The van der Waals surface area contributed by atoms with Crippen LogP contribution in [-0.2, 0) is 14.3 Å². The van der Waals surface area contributed by atoms with Gasteiger partial charge in [-0.2, -0.15) is 0 Å². The number of nitrogens with zero attached hydrogens (tertiary/aromatic N) is 1. The average molecular weight is 258 g/mol. The van der Waals surface area contributed by atoms with E-state index in [2.05, 4.69) is 10.2 Å². The molecular formula is C12H22N2O4. The molecule has 0 bridgehead atoms. The Hall–Kier alpha value is -1.14. The largest absolute Gasteiger partial charge is 0.481 e. The van der Waals surface area contributed by atoms with Crippen LogP contribution >= 0.6 is 0 Å². The van der Waals surface area contributed by atoms with Gasteiger partial charge < -0.3 is 20.1 Å². The van der Waals surface area contributed by atoms with Gasteiger partial charge in [0.1, 0.15) is 0 Å². The van der Waals surface area contributed by atoms with Crippen molar-refractivity contribution in [2.24, 2.45) is 5.41 Å². The van der Waals surface area contributed by atoms with Crippen molar-refractivity contribution in [2.75, 3.05) is 33.3 Å². The van der Waals surface area contributed by atoms with Crippen LogP contribution < -0.4 is 5.32 Å². The summed E-state index contributed by atoms with van der Waals surface area (Å²) >= 11 is 0. The number of ether oxygens (including phenoxy) is 1. The number of hydrogen-bond acceptors (Lipinski definition) is 4. The zero-order valence-electron chi connectivity index (χ0n) is 11.2. The van der Waals surface area contributed by atoms with E-state index < -0.39 is 11.4 Å². The second-order valence-corrected chi connectivity index (χ2v) is 5.42. The molecule has 104 valence electrons. The van der Waals surface area contributed by atoms with Crippen LogP contribution in [0, 0.1) is 5.41 Å². The number of carboxylic acids is 1. The molecular weight excluding hydrogens is 236 g/mol. The summed E-state index contributed by atoms with van der Waals surface area (Å²) in [6.45, 7) is 5.86. The standard InChI is InChI=1S/C12H22N2O4/c1-12(2,11(16)17)6-10(15)13-7-9-8-14(3)4-5-18-9/h9H,4-8H2,1-3H3,(H,13,15)(H,16,17). The van der Waals surface area contributed by atoms with E-state index in [0.717, 1.165) is 13.1 Å². The second kappa shape index (κ2) is 6.15. The maximum Gasteiger partial charge on any atom is 0.309 e. The van der Waals surface area contributed by atoms with Crippen molar-refractivity contribution in [3.63, 3.8) is 0 Å². The smallest absolute Gasteiger partial charge is 0.309 e. The Bertz CT molecular complexity index is 317. The first-order chi connectivity index (χ1) is 8.31. The molecule has 0 aromatic heterocycles. The van der Waals surface area contributed by atoms with Gasteiger partial charge in [0, 0.05) is 26.1 Å². The highest BCUT2D eigenvalue weighted by atomic mass is 16.5. The molecule has 1 aliphatic rings. The molecule has 2 N–H and O–H groups in total. The van der Waals surface area contributed by atoms with E-state index in [-0.39, 0.29) is 18.4 Å². The summed E-state index contributed by atoms with van der Waals surface area (Å²) in [6.07, 6.45) is -0.0362. The van der Waals surface area contributed by atoms with Crippen LogP contribution in [0.2, 0.25) is 0 Å². The summed E-state index contributed by atoms with van der Waals surface area (Å²) in [4.78, 5) is 24.7. The fraction of sp³-hybridized carbons (Fsp3) is 0.833. The van der Waals surface area contributed by atoms with Crippen LogP contribution in [0.5, 0.6) is 0 Å². The van der Waals surface area contributed by atoms with E-state index in [9.17, 15) is 9.59 Å². The van der Waals surface area contributed by atoms with E-state index in [1.807, 2.05) is 7.05 Å². The van der Waals surface area contributed by atoms with Gasteiger partial charge >= 0.3 is 5.97 Å². The van der Waals surface area contributed by atoms with Crippen LogP contribution in [0.4, 0.5) is 0 Å². The highest BCUT2D eigenvalue weighted by Gasteiger charge is 2.30. The van der Waals surface area contributed by atoms with Crippen molar-refractivity contribution in [3.8, 4) is 0 Å². The summed E-state index contributed by atoms with van der Waals surface area (Å²) in [5.74, 6) is -1.22. The van der Waals surface area contributed by atoms with E-state index in [1.165, 1.54) is 0 Å². The van der Waals surface area contributed by atoms with Gasteiger partial charge in [-0.3, -0.25) is 9.59 Å². The average Bonchev–Trinajstić information content (AvgIpc) is 2.25. The number of carbonyl (C=O) groups is 2. The molecule has 1 saturated heterocycles. The molecule has 18 heavy (non-hydrogen) atoms. The summed E-state index contributed by atoms with van der Waals surface area (Å²) in [5.41, 5.74) is -1.03. The van der Waals surface area contributed by atoms with Gasteiger partial charge in [0.25, 0.3) is 0 Å². The third kappa shape index (κ3) is 4.62.